The topological polar surface area (TPSA) is 218 Å². The Bertz CT molecular complexity index is 2560. The van der Waals surface area contributed by atoms with E-state index in [1.165, 1.54) is 46.2 Å². The lowest BCUT2D eigenvalue weighted by atomic mass is 10.0. The SMILES string of the molecule is CN(C)C(=O)c1cc(C(=O)CN[S@](=O)C(C)(C)C)c2oc(N3CCOCC3)cc(=O)c2c1.CN(C)C(=O)c1cc(C(=O)N[S@](=O)C(C)(C)C)c2oc(N3CCOCC3)cc(=O)c2c1. The second-order valence-electron chi connectivity index (χ2n) is 17.2. The Morgan fingerprint density at radius 3 is 1.41 bits per heavy atom. The van der Waals surface area contributed by atoms with Gasteiger partial charge in [-0.15, -0.1) is 0 Å². The maximum Gasteiger partial charge on any atom is 0.266 e. The number of nitrogens with one attached hydrogen (secondary N) is 2. The van der Waals surface area contributed by atoms with E-state index in [-0.39, 0.29) is 73.4 Å². The van der Waals surface area contributed by atoms with Gasteiger partial charge in [0.1, 0.15) is 11.0 Å². The molecule has 2 aromatic carbocycles. The number of fused-ring (bicyclic) bond motifs is 2. The molecule has 2 aliphatic heterocycles. The molecule has 6 rings (SSSR count). The van der Waals surface area contributed by atoms with Gasteiger partial charge in [-0.3, -0.25) is 33.5 Å². The predicted octanol–water partition coefficient (Wildman–Crippen LogP) is 3.09. The van der Waals surface area contributed by atoms with Gasteiger partial charge in [-0.1, -0.05) is 0 Å². The van der Waals surface area contributed by atoms with Crippen LogP contribution in [0.1, 0.15) is 83.0 Å². The minimum absolute atomic E-state index is 0.0208. The van der Waals surface area contributed by atoms with Crippen LogP contribution in [0.5, 0.6) is 0 Å². The van der Waals surface area contributed by atoms with Crippen LogP contribution < -0.4 is 30.1 Å². The Morgan fingerprint density at radius 1 is 0.619 bits per heavy atom. The van der Waals surface area contributed by atoms with Gasteiger partial charge in [-0.25, -0.2) is 13.1 Å². The molecule has 18 nitrogen and oxygen atoms in total. The molecule has 2 fully saturated rings. The van der Waals surface area contributed by atoms with Crippen LogP contribution in [0.4, 0.5) is 11.8 Å². The first kappa shape index (κ1) is 48.7. The maximum absolute atomic E-state index is 13.1. The first-order valence-electron chi connectivity index (χ1n) is 20.2. The van der Waals surface area contributed by atoms with Gasteiger partial charge in [0.2, 0.25) is 0 Å². The highest BCUT2D eigenvalue weighted by molar-refractivity contribution is 7.85. The Hall–Kier alpha value is -5.28. The number of carbonyl (C=O) groups excluding carboxylic acids is 4. The molecule has 0 saturated carbocycles. The van der Waals surface area contributed by atoms with Crippen molar-refractivity contribution in [3.8, 4) is 0 Å². The summed E-state index contributed by atoms with van der Waals surface area (Å²) in [6.45, 7) is 14.5. The number of carbonyl (C=O) groups is 4. The molecule has 3 amide bonds. The zero-order valence-corrected chi connectivity index (χ0v) is 39.0. The van der Waals surface area contributed by atoms with Crippen LogP contribution in [-0.2, 0) is 31.4 Å². The smallest absolute Gasteiger partial charge is 0.266 e. The quantitative estimate of drug-likeness (QED) is 0.219. The lowest BCUT2D eigenvalue weighted by Crippen LogP contribution is -2.37. The molecule has 342 valence electrons. The van der Waals surface area contributed by atoms with E-state index in [4.69, 9.17) is 18.3 Å². The van der Waals surface area contributed by atoms with Crippen LogP contribution >= 0.6 is 0 Å². The summed E-state index contributed by atoms with van der Waals surface area (Å²) >= 11 is 0. The van der Waals surface area contributed by atoms with Crippen LogP contribution in [-0.4, -0.2) is 139 Å². The number of morpholine rings is 2. The zero-order valence-electron chi connectivity index (χ0n) is 37.3. The summed E-state index contributed by atoms with van der Waals surface area (Å²) in [7, 11) is 3.17. The van der Waals surface area contributed by atoms with E-state index < -0.39 is 43.2 Å². The fraction of sp³-hybridized carbons (Fsp3) is 0.488. The normalized spacial score (nSPS) is 15.6. The molecule has 0 spiro atoms. The lowest BCUT2D eigenvalue weighted by Gasteiger charge is -2.27. The van der Waals surface area contributed by atoms with Gasteiger partial charge < -0.3 is 37.9 Å². The molecule has 2 N–H and O–H groups in total. The van der Waals surface area contributed by atoms with E-state index in [0.29, 0.717) is 64.4 Å². The molecular formula is C43H56N6O12S2. The van der Waals surface area contributed by atoms with Crippen molar-refractivity contribution in [1.82, 2.24) is 19.2 Å². The second kappa shape index (κ2) is 20.0. The number of Topliss-reactive ketones (excluding diaryl/α,β-unsaturated/α-hetero) is 1. The van der Waals surface area contributed by atoms with Gasteiger partial charge in [0, 0.05) is 77.6 Å². The largest absolute Gasteiger partial charge is 0.440 e. The minimum atomic E-state index is -1.69. The highest BCUT2D eigenvalue weighted by Crippen LogP contribution is 2.28. The molecule has 4 heterocycles. The average Bonchev–Trinajstić information content (AvgIpc) is 3.24. The fourth-order valence-corrected chi connectivity index (χ4v) is 7.52. The number of hydrogen-bond donors (Lipinski definition) is 2. The van der Waals surface area contributed by atoms with Gasteiger partial charge in [-0.2, -0.15) is 0 Å². The Morgan fingerprint density at radius 2 is 1.02 bits per heavy atom. The van der Waals surface area contributed by atoms with Crippen molar-refractivity contribution in [2.24, 2.45) is 0 Å². The van der Waals surface area contributed by atoms with Crippen molar-refractivity contribution in [2.75, 3.05) is 97.1 Å². The summed E-state index contributed by atoms with van der Waals surface area (Å²) in [6, 6.07) is 8.39. The van der Waals surface area contributed by atoms with Crippen molar-refractivity contribution in [1.29, 1.82) is 0 Å². The van der Waals surface area contributed by atoms with Gasteiger partial charge in [0.25, 0.3) is 17.7 Å². The number of rotatable bonds is 10. The summed E-state index contributed by atoms with van der Waals surface area (Å²) in [5, 5.41) is 0.256. The van der Waals surface area contributed by atoms with Crippen molar-refractivity contribution in [2.45, 2.75) is 51.0 Å². The molecule has 0 aliphatic carbocycles. The number of amides is 3. The van der Waals surface area contributed by atoms with Crippen LogP contribution in [0.15, 0.2) is 54.8 Å². The summed E-state index contributed by atoms with van der Waals surface area (Å²) < 4.78 is 51.5. The first-order chi connectivity index (χ1) is 29.5. The van der Waals surface area contributed by atoms with Gasteiger partial charge in [0.05, 0.1) is 75.4 Å². The van der Waals surface area contributed by atoms with Crippen LogP contribution in [0.2, 0.25) is 0 Å². The molecule has 0 bridgehead atoms. The van der Waals surface area contributed by atoms with Gasteiger partial charge in [-0.05, 0) is 65.8 Å². The van der Waals surface area contributed by atoms with Crippen molar-refractivity contribution in [3.05, 3.63) is 79.1 Å². The molecule has 2 atom stereocenters. The molecule has 4 aromatic rings. The number of ether oxygens (including phenoxy) is 2. The highest BCUT2D eigenvalue weighted by atomic mass is 32.2. The Kier molecular flexibility index (Phi) is 15.5. The van der Waals surface area contributed by atoms with E-state index in [1.54, 1.807) is 69.7 Å². The first-order valence-corrected chi connectivity index (χ1v) is 22.5. The third-order valence-corrected chi connectivity index (χ3v) is 12.8. The standard InChI is InChI=1S/C22H29N3O6S.C21H27N3O6S/c1-22(2,3)32(29)23-13-18(27)16-11-14(21(28)24(4)5)10-15-17(26)12-19(31-20(15)16)25-6-8-30-9-7-25;1-21(2,3)31(28)22-19(26)15-11-13(20(27)23(4)5)10-14-16(25)12-17(30-18(14)15)24-6-8-29-9-7-24/h10-12,23H,6-9,13H2,1-5H3;10-12H,6-9H2,1-5H3,(H,22,26)/t32-;31-/m11/s1. The minimum Gasteiger partial charge on any atom is -0.440 e. The molecule has 63 heavy (non-hydrogen) atoms. The average molecular weight is 913 g/mol. The third kappa shape index (κ3) is 11.8. The van der Waals surface area contributed by atoms with E-state index >= 15 is 0 Å². The van der Waals surface area contributed by atoms with Crippen molar-refractivity contribution < 1.29 is 45.9 Å². The molecule has 20 heteroatoms. The van der Waals surface area contributed by atoms with Gasteiger partial charge in [0.15, 0.2) is 39.6 Å². The summed E-state index contributed by atoms with van der Waals surface area (Å²) in [5.74, 6) is -1.16. The molecule has 2 saturated heterocycles. The zero-order chi connectivity index (χ0) is 46.6. The molecular weight excluding hydrogens is 857 g/mol. The van der Waals surface area contributed by atoms with Crippen LogP contribution in [0, 0.1) is 0 Å². The van der Waals surface area contributed by atoms with Gasteiger partial charge >= 0.3 is 0 Å². The Labute approximate surface area is 370 Å². The van der Waals surface area contributed by atoms with E-state index in [0.717, 1.165) is 0 Å². The summed E-state index contributed by atoms with van der Waals surface area (Å²) in [5.41, 5.74) is -0.116. The van der Waals surface area contributed by atoms with Crippen LogP contribution in [0.3, 0.4) is 0 Å². The predicted molar refractivity (Wildman–Crippen MR) is 243 cm³/mol. The number of benzene rings is 2. The third-order valence-electron chi connectivity index (χ3n) is 9.79. The molecule has 0 radical (unpaired) electrons. The van der Waals surface area contributed by atoms with E-state index in [1.807, 2.05) is 9.80 Å². The van der Waals surface area contributed by atoms with Crippen LogP contribution in [0.25, 0.3) is 21.9 Å². The lowest BCUT2D eigenvalue weighted by molar-refractivity contribution is 0.0820. The number of hydrogen-bond acceptors (Lipinski definition) is 14. The summed E-state index contributed by atoms with van der Waals surface area (Å²) in [4.78, 5) is 83.6. The highest BCUT2D eigenvalue weighted by Gasteiger charge is 2.28. The molecule has 0 unspecified atom stereocenters. The molecule has 2 aliphatic rings. The van der Waals surface area contributed by atoms with E-state index in [9.17, 15) is 37.2 Å². The maximum atomic E-state index is 13.1. The Balaban J connectivity index is 0.000000238. The van der Waals surface area contributed by atoms with Crippen molar-refractivity contribution >= 4 is 79.2 Å². The fourth-order valence-electron chi connectivity index (χ4n) is 6.24. The molecule has 2 aromatic heterocycles. The number of anilines is 2. The van der Waals surface area contributed by atoms with Crippen molar-refractivity contribution in [3.63, 3.8) is 0 Å². The number of nitrogens with zero attached hydrogens (tertiary/aromatic N) is 4. The second-order valence-corrected chi connectivity index (χ2v) is 21.3. The monoisotopic (exact) mass is 912 g/mol. The number of ketones is 1. The van der Waals surface area contributed by atoms with E-state index in [2.05, 4.69) is 9.44 Å². The summed E-state index contributed by atoms with van der Waals surface area (Å²) in [6.07, 6.45) is 0.